The number of fused-ring (bicyclic) bond motifs is 1. The van der Waals surface area contributed by atoms with Gasteiger partial charge in [0.1, 0.15) is 22.7 Å². The summed E-state index contributed by atoms with van der Waals surface area (Å²) in [5.74, 6) is -1.35. The third-order valence-corrected chi connectivity index (χ3v) is 8.25. The van der Waals surface area contributed by atoms with E-state index in [1.807, 2.05) is 0 Å². The Hall–Kier alpha value is -3.59. The molecule has 3 amide bonds. The summed E-state index contributed by atoms with van der Waals surface area (Å²) in [4.78, 5) is 51.2. The van der Waals surface area contributed by atoms with Crippen molar-refractivity contribution in [2.75, 3.05) is 11.5 Å². The van der Waals surface area contributed by atoms with E-state index in [-0.39, 0.29) is 24.6 Å². The second-order valence-electron chi connectivity index (χ2n) is 9.89. The molecule has 1 aromatic heterocycles. The normalized spacial score (nSPS) is 18.8. The van der Waals surface area contributed by atoms with Crippen LogP contribution in [0.1, 0.15) is 31.9 Å². The summed E-state index contributed by atoms with van der Waals surface area (Å²) in [5.41, 5.74) is 1.32. The number of tetrazole rings is 1. The molecule has 2 atom stereocenters. The number of aryl methyl sites for hydroxylation is 1. The number of amides is 3. The minimum absolute atomic E-state index is 0.0113. The first kappa shape index (κ1) is 28.4. The Kier molecular flexibility index (Phi) is 8.49. The number of hydrogen-bond donors (Lipinski definition) is 3. The number of aliphatic carboxylic acids is 1. The van der Waals surface area contributed by atoms with Gasteiger partial charge in [0.15, 0.2) is 0 Å². The number of hydrogen-bond acceptors (Lipinski definition) is 10. The number of rotatable bonds is 9. The molecule has 0 radical (unpaired) electrons. The van der Waals surface area contributed by atoms with Gasteiger partial charge in [-0.2, -0.15) is 0 Å². The number of thioether (sulfide) groups is 2. The Morgan fingerprint density at radius 1 is 1.23 bits per heavy atom. The van der Waals surface area contributed by atoms with Gasteiger partial charge in [-0.25, -0.2) is 14.3 Å². The first-order chi connectivity index (χ1) is 18.4. The molecule has 2 aliphatic heterocycles. The maximum atomic E-state index is 13.0. The summed E-state index contributed by atoms with van der Waals surface area (Å²) < 4.78 is 6.74. The van der Waals surface area contributed by atoms with Crippen molar-refractivity contribution in [3.63, 3.8) is 0 Å². The van der Waals surface area contributed by atoms with Crippen molar-refractivity contribution in [3.05, 3.63) is 46.7 Å². The number of aromatic nitrogens is 4. The second kappa shape index (κ2) is 11.7. The summed E-state index contributed by atoms with van der Waals surface area (Å²) in [6.45, 7) is 5.48. The van der Waals surface area contributed by atoms with Crippen LogP contribution in [0.4, 0.5) is 4.79 Å². The lowest BCUT2D eigenvalue weighted by Crippen LogP contribution is -2.70. The molecule has 2 aromatic rings. The van der Waals surface area contributed by atoms with Crippen LogP contribution in [0.25, 0.3) is 0 Å². The second-order valence-corrected chi connectivity index (χ2v) is 11.9. The van der Waals surface area contributed by atoms with Crippen LogP contribution in [0.15, 0.2) is 40.7 Å². The van der Waals surface area contributed by atoms with Crippen LogP contribution in [0.2, 0.25) is 0 Å². The van der Waals surface area contributed by atoms with Gasteiger partial charge in [0.05, 0.1) is 6.42 Å². The monoisotopic (exact) mass is 575 g/mol. The SMILES string of the molecule is Cn1nnnc1SCC1=C(C(=O)O)N2C(=O)C(NC(=O)Cc3ccccc3CNC(=O)OC(C)(C)C)[C@@H]2SC1. The van der Waals surface area contributed by atoms with Gasteiger partial charge in [0, 0.05) is 25.1 Å². The predicted octanol–water partition coefficient (Wildman–Crippen LogP) is 1.31. The van der Waals surface area contributed by atoms with Gasteiger partial charge in [0.25, 0.3) is 5.91 Å². The molecular formula is C24H29N7O6S2. The molecule has 1 unspecified atom stereocenters. The average Bonchev–Trinajstić information content (AvgIpc) is 3.28. The lowest BCUT2D eigenvalue weighted by molar-refractivity contribution is -0.150. The maximum absolute atomic E-state index is 13.0. The van der Waals surface area contributed by atoms with Gasteiger partial charge in [-0.15, -0.1) is 16.9 Å². The number of carbonyl (C=O) groups is 4. The van der Waals surface area contributed by atoms with Gasteiger partial charge in [0.2, 0.25) is 11.1 Å². The van der Waals surface area contributed by atoms with E-state index in [2.05, 4.69) is 26.2 Å². The Morgan fingerprint density at radius 2 is 1.95 bits per heavy atom. The standard InChI is InChI=1S/C24H29N7O6S2/c1-24(2,3)37-23(36)25-10-14-8-6-5-7-13(14)9-16(32)26-17-19(33)31-18(21(34)35)15(11-38-20(17)31)12-39-22-27-28-29-30(22)4/h5-8,17,20H,9-12H2,1-4H3,(H,25,36)(H,26,32)(H,34,35)/t17?,20-/m0/s1. The third kappa shape index (κ3) is 6.71. The molecule has 208 valence electrons. The molecule has 1 aromatic carbocycles. The Bertz CT molecular complexity index is 1320. The molecule has 3 N–H and O–H groups in total. The Labute approximate surface area is 233 Å². The molecule has 39 heavy (non-hydrogen) atoms. The Morgan fingerprint density at radius 3 is 2.59 bits per heavy atom. The fourth-order valence-electron chi connectivity index (χ4n) is 4.07. The molecule has 1 fully saturated rings. The number of benzene rings is 1. The predicted molar refractivity (Wildman–Crippen MR) is 142 cm³/mol. The largest absolute Gasteiger partial charge is 0.477 e. The number of carboxylic acid groups (broad SMARTS) is 1. The van der Waals surface area contributed by atoms with Crippen molar-refractivity contribution in [2.45, 2.75) is 55.9 Å². The number of carboxylic acids is 1. The molecule has 0 bridgehead atoms. The van der Waals surface area contributed by atoms with Crippen molar-refractivity contribution in [1.82, 2.24) is 35.7 Å². The van der Waals surface area contributed by atoms with Crippen LogP contribution < -0.4 is 10.6 Å². The first-order valence-electron chi connectivity index (χ1n) is 12.0. The number of carbonyl (C=O) groups excluding carboxylic acids is 3. The minimum atomic E-state index is -1.20. The molecule has 13 nitrogen and oxygen atoms in total. The van der Waals surface area contributed by atoms with E-state index >= 15 is 0 Å². The van der Waals surface area contributed by atoms with E-state index in [4.69, 9.17) is 4.74 Å². The van der Waals surface area contributed by atoms with E-state index in [0.717, 1.165) is 5.56 Å². The first-order valence-corrected chi connectivity index (χ1v) is 14.1. The molecule has 0 spiro atoms. The quantitative estimate of drug-likeness (QED) is 0.291. The Balaban J connectivity index is 1.37. The van der Waals surface area contributed by atoms with E-state index in [9.17, 15) is 24.3 Å². The van der Waals surface area contributed by atoms with Crippen LogP contribution in [-0.4, -0.2) is 82.6 Å². The minimum Gasteiger partial charge on any atom is -0.477 e. The summed E-state index contributed by atoms with van der Waals surface area (Å²) in [6.07, 6.45) is -0.577. The van der Waals surface area contributed by atoms with Crippen molar-refractivity contribution in [1.29, 1.82) is 0 Å². The van der Waals surface area contributed by atoms with Crippen LogP contribution in [0.5, 0.6) is 0 Å². The van der Waals surface area contributed by atoms with Gasteiger partial charge in [-0.3, -0.25) is 14.5 Å². The number of alkyl carbamates (subject to hydrolysis) is 1. The maximum Gasteiger partial charge on any atom is 0.407 e. The van der Waals surface area contributed by atoms with Crippen LogP contribution in [0.3, 0.4) is 0 Å². The molecule has 2 aliphatic rings. The molecule has 4 rings (SSSR count). The molecule has 0 saturated carbocycles. The molecular weight excluding hydrogens is 546 g/mol. The smallest absolute Gasteiger partial charge is 0.407 e. The van der Waals surface area contributed by atoms with Crippen molar-refractivity contribution >= 4 is 47.4 Å². The van der Waals surface area contributed by atoms with Gasteiger partial charge < -0.3 is 20.5 Å². The highest BCUT2D eigenvalue weighted by atomic mass is 32.2. The average molecular weight is 576 g/mol. The summed E-state index contributed by atoms with van der Waals surface area (Å²) in [6, 6.07) is 6.33. The lowest BCUT2D eigenvalue weighted by atomic mass is 10.0. The summed E-state index contributed by atoms with van der Waals surface area (Å²) >= 11 is 2.68. The van der Waals surface area contributed by atoms with Gasteiger partial charge in [-0.1, -0.05) is 36.0 Å². The topological polar surface area (TPSA) is 169 Å². The van der Waals surface area contributed by atoms with E-state index in [1.165, 1.54) is 33.1 Å². The van der Waals surface area contributed by atoms with Crippen molar-refractivity contribution in [3.8, 4) is 0 Å². The zero-order valence-corrected chi connectivity index (χ0v) is 23.5. The number of nitrogens with one attached hydrogen (secondary N) is 2. The molecule has 0 aliphatic carbocycles. The fraction of sp³-hybridized carbons (Fsp3) is 0.458. The van der Waals surface area contributed by atoms with Crippen LogP contribution in [-0.2, 0) is 39.1 Å². The van der Waals surface area contributed by atoms with E-state index < -0.39 is 35.0 Å². The van der Waals surface area contributed by atoms with Crippen LogP contribution in [0, 0.1) is 0 Å². The number of nitrogens with zero attached hydrogens (tertiary/aromatic N) is 5. The highest BCUT2D eigenvalue weighted by molar-refractivity contribution is 8.01. The molecule has 1 saturated heterocycles. The van der Waals surface area contributed by atoms with Crippen molar-refractivity contribution < 1.29 is 29.0 Å². The third-order valence-electron chi connectivity index (χ3n) is 5.81. The molecule has 3 heterocycles. The highest BCUT2D eigenvalue weighted by Gasteiger charge is 2.54. The lowest BCUT2D eigenvalue weighted by Gasteiger charge is -2.49. The van der Waals surface area contributed by atoms with Crippen molar-refractivity contribution in [2.24, 2.45) is 7.05 Å². The van der Waals surface area contributed by atoms with Gasteiger partial charge in [-0.05, 0) is 47.9 Å². The molecule has 15 heteroatoms. The fourth-order valence-corrected chi connectivity index (χ4v) is 6.41. The van der Waals surface area contributed by atoms with Gasteiger partial charge >= 0.3 is 12.1 Å². The number of ether oxygens (including phenoxy) is 1. The highest BCUT2D eigenvalue weighted by Crippen LogP contribution is 2.41. The van der Waals surface area contributed by atoms with E-state index in [1.54, 1.807) is 52.1 Å². The van der Waals surface area contributed by atoms with E-state index in [0.29, 0.717) is 27.8 Å². The van der Waals surface area contributed by atoms with Crippen LogP contribution >= 0.6 is 23.5 Å². The zero-order chi connectivity index (χ0) is 28.3. The number of β-lactam (4-membered cyclic amide) rings is 1. The summed E-state index contributed by atoms with van der Waals surface area (Å²) in [5, 5.41) is 26.5. The summed E-state index contributed by atoms with van der Waals surface area (Å²) in [7, 11) is 1.68. The zero-order valence-electron chi connectivity index (χ0n) is 21.8.